The molecule has 0 aliphatic carbocycles. The van der Waals surface area contributed by atoms with Crippen LogP contribution in [-0.2, 0) is 0 Å². The lowest BCUT2D eigenvalue weighted by molar-refractivity contribution is 0.0962. The number of hydrazine groups is 1. The number of rotatable bonds is 5. The second kappa shape index (κ2) is 8.07. The predicted octanol–water partition coefficient (Wildman–Crippen LogP) is 4.01. The van der Waals surface area contributed by atoms with Gasteiger partial charge in [0.15, 0.2) is 11.6 Å². The Morgan fingerprint density at radius 2 is 1.81 bits per heavy atom. The topological polar surface area (TPSA) is 105 Å². The number of hydrogen-bond acceptors (Lipinski definition) is 6. The van der Waals surface area contributed by atoms with Gasteiger partial charge < -0.3 is 11.1 Å². The van der Waals surface area contributed by atoms with Gasteiger partial charge in [-0.3, -0.25) is 15.6 Å². The highest BCUT2D eigenvalue weighted by Gasteiger charge is 2.13. The zero-order valence-corrected chi connectivity index (χ0v) is 15.1. The van der Waals surface area contributed by atoms with Gasteiger partial charge in [-0.25, -0.2) is 14.4 Å². The van der Waals surface area contributed by atoms with Crippen LogP contribution in [0.4, 0.5) is 27.4 Å². The molecule has 1 amide bonds. The number of carbonyl (C=O) groups excluding carboxylic acids is 1. The van der Waals surface area contributed by atoms with E-state index in [1.807, 2.05) is 0 Å². The van der Waals surface area contributed by atoms with E-state index < -0.39 is 11.7 Å². The molecule has 1 aromatic heterocycles. The first kappa shape index (κ1) is 18.7. The van der Waals surface area contributed by atoms with Crippen LogP contribution < -0.4 is 21.9 Å². The van der Waals surface area contributed by atoms with Crippen molar-refractivity contribution in [3.8, 4) is 0 Å². The summed E-state index contributed by atoms with van der Waals surface area (Å²) in [5.41, 5.74) is 11.5. The molecule has 0 spiro atoms. The standard InChI is InChI=1S/C17H13Cl2FN6O/c18-9-5-6-10(11(19)7-9)17(27)26-25-16-14(21)15(22-8-23-16)24-13-4-2-1-3-12(13)20/h1-8H,21H2,(H,26,27)(H2,22,23,24,25). The van der Waals surface area contributed by atoms with Crippen molar-refractivity contribution in [3.05, 3.63) is 70.2 Å². The van der Waals surface area contributed by atoms with Crippen molar-refractivity contribution in [3.63, 3.8) is 0 Å². The van der Waals surface area contributed by atoms with Crippen LogP contribution in [0.5, 0.6) is 0 Å². The summed E-state index contributed by atoms with van der Waals surface area (Å²) in [5.74, 6) is -0.673. The van der Waals surface area contributed by atoms with E-state index in [2.05, 4.69) is 26.1 Å². The van der Waals surface area contributed by atoms with Crippen molar-refractivity contribution in [1.29, 1.82) is 0 Å². The SMILES string of the molecule is Nc1c(NNC(=O)c2ccc(Cl)cc2Cl)ncnc1Nc1ccccc1F. The van der Waals surface area contributed by atoms with Gasteiger partial charge in [0.2, 0.25) is 0 Å². The summed E-state index contributed by atoms with van der Waals surface area (Å²) < 4.78 is 13.8. The molecule has 0 fully saturated rings. The number of nitrogen functional groups attached to an aromatic ring is 1. The number of hydrogen-bond donors (Lipinski definition) is 4. The fraction of sp³-hybridized carbons (Fsp3) is 0. The fourth-order valence-electron chi connectivity index (χ4n) is 2.14. The minimum Gasteiger partial charge on any atom is -0.393 e. The minimum absolute atomic E-state index is 0.0863. The highest BCUT2D eigenvalue weighted by molar-refractivity contribution is 6.36. The number of nitrogens with zero attached hydrogens (tertiary/aromatic N) is 2. The van der Waals surface area contributed by atoms with Crippen molar-refractivity contribution in [2.45, 2.75) is 0 Å². The van der Waals surface area contributed by atoms with Crippen LogP contribution in [0.1, 0.15) is 10.4 Å². The third-order valence-electron chi connectivity index (χ3n) is 3.48. The number of aromatic nitrogens is 2. The number of anilines is 4. The predicted molar refractivity (Wildman–Crippen MR) is 104 cm³/mol. The van der Waals surface area contributed by atoms with Gasteiger partial charge in [0, 0.05) is 5.02 Å². The van der Waals surface area contributed by atoms with Gasteiger partial charge in [0.1, 0.15) is 17.8 Å². The Kier molecular flexibility index (Phi) is 5.58. The molecule has 27 heavy (non-hydrogen) atoms. The van der Waals surface area contributed by atoms with E-state index in [0.29, 0.717) is 5.02 Å². The van der Waals surface area contributed by atoms with E-state index in [9.17, 15) is 9.18 Å². The molecule has 3 rings (SSSR count). The number of para-hydroxylation sites is 1. The molecule has 0 unspecified atom stereocenters. The average molecular weight is 407 g/mol. The third kappa shape index (κ3) is 4.36. The van der Waals surface area contributed by atoms with Crippen LogP contribution in [0.15, 0.2) is 48.8 Å². The van der Waals surface area contributed by atoms with E-state index in [1.165, 1.54) is 36.7 Å². The van der Waals surface area contributed by atoms with Crippen LogP contribution >= 0.6 is 23.2 Å². The van der Waals surface area contributed by atoms with Crippen LogP contribution in [-0.4, -0.2) is 15.9 Å². The molecule has 0 radical (unpaired) electrons. The van der Waals surface area contributed by atoms with Gasteiger partial charge in [-0.2, -0.15) is 0 Å². The van der Waals surface area contributed by atoms with Gasteiger partial charge in [0.05, 0.1) is 16.3 Å². The summed E-state index contributed by atoms with van der Waals surface area (Å²) in [7, 11) is 0. The minimum atomic E-state index is -0.515. The summed E-state index contributed by atoms with van der Waals surface area (Å²) in [4.78, 5) is 20.2. The Morgan fingerprint density at radius 3 is 2.56 bits per heavy atom. The van der Waals surface area contributed by atoms with E-state index in [1.54, 1.807) is 12.1 Å². The van der Waals surface area contributed by atoms with Gasteiger partial charge >= 0.3 is 0 Å². The second-order valence-corrected chi connectivity index (χ2v) is 6.14. The Morgan fingerprint density at radius 1 is 1.07 bits per heavy atom. The number of carbonyl (C=O) groups is 1. The zero-order valence-electron chi connectivity index (χ0n) is 13.6. The molecule has 0 saturated heterocycles. The number of amides is 1. The molecule has 10 heteroatoms. The van der Waals surface area contributed by atoms with Gasteiger partial charge in [-0.05, 0) is 30.3 Å². The van der Waals surface area contributed by atoms with Crippen LogP contribution in [0.25, 0.3) is 0 Å². The lowest BCUT2D eigenvalue weighted by atomic mass is 10.2. The number of halogens is 3. The number of nitrogens with one attached hydrogen (secondary N) is 3. The maximum atomic E-state index is 13.8. The third-order valence-corrected chi connectivity index (χ3v) is 4.03. The first-order chi connectivity index (χ1) is 13.0. The molecule has 7 nitrogen and oxygen atoms in total. The lowest BCUT2D eigenvalue weighted by Crippen LogP contribution is -2.30. The molecule has 0 aliphatic rings. The molecular weight excluding hydrogens is 394 g/mol. The van der Waals surface area contributed by atoms with Crippen LogP contribution in [0.3, 0.4) is 0 Å². The summed E-state index contributed by atoms with van der Waals surface area (Å²) in [6.07, 6.45) is 1.21. The first-order valence-corrected chi connectivity index (χ1v) is 8.34. The molecule has 0 bridgehead atoms. The molecule has 2 aromatic carbocycles. The van der Waals surface area contributed by atoms with Crippen LogP contribution in [0.2, 0.25) is 10.0 Å². The molecule has 0 saturated carbocycles. The molecule has 138 valence electrons. The first-order valence-electron chi connectivity index (χ1n) is 7.59. The molecule has 0 atom stereocenters. The quantitative estimate of drug-likeness (QED) is 0.477. The highest BCUT2D eigenvalue weighted by atomic mass is 35.5. The van der Waals surface area contributed by atoms with E-state index >= 15 is 0 Å². The molecule has 5 N–H and O–H groups in total. The van der Waals surface area contributed by atoms with Crippen molar-refractivity contribution in [2.75, 3.05) is 16.5 Å². The molecule has 3 aromatic rings. The summed E-state index contributed by atoms with van der Waals surface area (Å²) in [6, 6.07) is 10.5. The van der Waals surface area contributed by atoms with Crippen molar-refractivity contribution < 1.29 is 9.18 Å². The van der Waals surface area contributed by atoms with E-state index in [-0.39, 0.29) is 33.6 Å². The van der Waals surface area contributed by atoms with Crippen molar-refractivity contribution in [2.24, 2.45) is 0 Å². The maximum Gasteiger partial charge on any atom is 0.271 e. The molecule has 0 aliphatic heterocycles. The Labute approximate surface area is 163 Å². The highest BCUT2D eigenvalue weighted by Crippen LogP contribution is 2.26. The Bertz CT molecular complexity index is 1000. The molecular formula is C17H13Cl2FN6O. The normalized spacial score (nSPS) is 10.3. The lowest BCUT2D eigenvalue weighted by Gasteiger charge is -2.13. The van der Waals surface area contributed by atoms with Crippen molar-refractivity contribution >= 4 is 52.1 Å². The fourth-order valence-corrected chi connectivity index (χ4v) is 2.64. The summed E-state index contributed by atoms with van der Waals surface area (Å²) in [6.45, 7) is 0. The number of nitrogens with two attached hydrogens (primary N) is 1. The van der Waals surface area contributed by atoms with Gasteiger partial charge in [-0.15, -0.1) is 0 Å². The van der Waals surface area contributed by atoms with E-state index in [4.69, 9.17) is 28.9 Å². The monoisotopic (exact) mass is 406 g/mol. The Balaban J connectivity index is 1.74. The van der Waals surface area contributed by atoms with Crippen molar-refractivity contribution in [1.82, 2.24) is 15.4 Å². The average Bonchev–Trinajstić information content (AvgIpc) is 2.64. The summed E-state index contributed by atoms with van der Waals surface area (Å²) in [5, 5.41) is 3.38. The van der Waals surface area contributed by atoms with Gasteiger partial charge in [-0.1, -0.05) is 35.3 Å². The van der Waals surface area contributed by atoms with E-state index in [0.717, 1.165) is 0 Å². The van der Waals surface area contributed by atoms with Crippen LogP contribution in [0, 0.1) is 5.82 Å². The van der Waals surface area contributed by atoms with Gasteiger partial charge in [0.25, 0.3) is 5.91 Å². The summed E-state index contributed by atoms with van der Waals surface area (Å²) >= 11 is 11.8. The molecule has 1 heterocycles. The zero-order chi connectivity index (χ0) is 19.4. The smallest absolute Gasteiger partial charge is 0.271 e. The number of benzene rings is 2. The second-order valence-electron chi connectivity index (χ2n) is 5.29. The largest absolute Gasteiger partial charge is 0.393 e. The Hall–Kier alpha value is -3.10. The maximum absolute atomic E-state index is 13.8.